The van der Waals surface area contributed by atoms with E-state index in [0.29, 0.717) is 40.9 Å². The van der Waals surface area contributed by atoms with E-state index < -0.39 is 11.6 Å². The number of amides is 1. The maximum atomic E-state index is 15.0. The molecule has 3 N–H and O–H groups in total. The minimum atomic E-state index is -0.663. The molecule has 1 aliphatic rings. The Bertz CT molecular complexity index is 1440. The summed E-state index contributed by atoms with van der Waals surface area (Å²) in [6, 6.07) is 6.36. The van der Waals surface area contributed by atoms with Crippen LogP contribution in [0, 0.1) is 18.6 Å². The van der Waals surface area contributed by atoms with Gasteiger partial charge in [-0.2, -0.15) is 0 Å². The van der Waals surface area contributed by atoms with Gasteiger partial charge in [0, 0.05) is 42.5 Å². The van der Waals surface area contributed by atoms with Gasteiger partial charge >= 0.3 is 0 Å². The molecule has 4 aromatic rings. The Labute approximate surface area is 213 Å². The van der Waals surface area contributed by atoms with E-state index in [1.807, 2.05) is 25.7 Å². The van der Waals surface area contributed by atoms with E-state index in [2.05, 4.69) is 30.6 Å². The van der Waals surface area contributed by atoms with Crippen molar-refractivity contribution in [2.45, 2.75) is 33.1 Å². The first kappa shape index (κ1) is 24.8. The Morgan fingerprint density at radius 1 is 1.08 bits per heavy atom. The van der Waals surface area contributed by atoms with Gasteiger partial charge in [-0.3, -0.25) is 4.79 Å². The van der Waals surface area contributed by atoms with Crippen LogP contribution in [0.1, 0.15) is 47.8 Å². The number of aryl methyl sites for hydroxylation is 1. The number of anilines is 2. The van der Waals surface area contributed by atoms with Crippen LogP contribution in [0.3, 0.4) is 0 Å². The van der Waals surface area contributed by atoms with Crippen molar-refractivity contribution < 1.29 is 13.6 Å². The van der Waals surface area contributed by atoms with Crippen LogP contribution in [0.4, 0.5) is 20.5 Å². The number of hydrogen-bond acceptors (Lipinski definition) is 6. The van der Waals surface area contributed by atoms with Crippen molar-refractivity contribution >= 4 is 28.6 Å². The van der Waals surface area contributed by atoms with Gasteiger partial charge in [-0.25, -0.2) is 23.7 Å². The summed E-state index contributed by atoms with van der Waals surface area (Å²) in [6.45, 7) is 8.98. The second-order valence-electron chi connectivity index (χ2n) is 9.54. The van der Waals surface area contributed by atoms with Crippen molar-refractivity contribution in [3.63, 3.8) is 0 Å². The van der Waals surface area contributed by atoms with Crippen molar-refractivity contribution in [1.29, 1.82) is 0 Å². The average molecular weight is 506 g/mol. The van der Waals surface area contributed by atoms with Crippen LogP contribution in [0.15, 0.2) is 36.7 Å². The summed E-state index contributed by atoms with van der Waals surface area (Å²) in [5.41, 5.74) is 3.04. The largest absolute Gasteiger partial charge is 0.356 e. The van der Waals surface area contributed by atoms with Gasteiger partial charge in [0.25, 0.3) is 5.91 Å². The number of rotatable bonds is 5. The number of aromatic nitrogens is 4. The highest BCUT2D eigenvalue weighted by Crippen LogP contribution is 2.34. The number of H-pyrrole nitrogens is 1. The summed E-state index contributed by atoms with van der Waals surface area (Å²) in [4.78, 5) is 30.3. The Morgan fingerprint density at radius 2 is 1.92 bits per heavy atom. The molecule has 0 atom stereocenters. The molecule has 10 heteroatoms. The zero-order valence-electron chi connectivity index (χ0n) is 21.0. The Morgan fingerprint density at radius 3 is 2.68 bits per heavy atom. The average Bonchev–Trinajstić information content (AvgIpc) is 3.03. The molecule has 0 spiro atoms. The van der Waals surface area contributed by atoms with Gasteiger partial charge in [-0.05, 0) is 55.6 Å². The monoisotopic (exact) mass is 505 g/mol. The summed E-state index contributed by atoms with van der Waals surface area (Å²) >= 11 is 0. The van der Waals surface area contributed by atoms with Crippen molar-refractivity contribution in [1.82, 2.24) is 30.2 Å². The van der Waals surface area contributed by atoms with Gasteiger partial charge in [-0.15, -0.1) is 0 Å². The lowest BCUT2D eigenvalue weighted by molar-refractivity contribution is 0.0766. The molecule has 0 radical (unpaired) electrons. The number of pyridine rings is 1. The van der Waals surface area contributed by atoms with E-state index >= 15 is 0 Å². The van der Waals surface area contributed by atoms with Crippen molar-refractivity contribution in [2.75, 3.05) is 31.5 Å². The third kappa shape index (κ3) is 5.01. The molecule has 1 fully saturated rings. The Kier molecular flexibility index (Phi) is 6.84. The lowest BCUT2D eigenvalue weighted by Gasteiger charge is -2.19. The smallest absolute Gasteiger partial charge is 0.255 e. The molecule has 0 unspecified atom stereocenters. The molecule has 0 saturated carbocycles. The SMILES string of the molecule is Cc1[nH]c2c(F)cc(-c3nc(Nc4ccc(C(=O)N5CCCNCC5)cn4)ncc3F)cc2c1C(C)C. The molecule has 5 rings (SSSR count). The molecule has 1 amide bonds. The van der Waals surface area contributed by atoms with E-state index in [1.54, 1.807) is 18.2 Å². The number of hydrogen-bond donors (Lipinski definition) is 3. The normalized spacial score (nSPS) is 14.3. The third-order valence-electron chi connectivity index (χ3n) is 6.57. The summed E-state index contributed by atoms with van der Waals surface area (Å²) < 4.78 is 29.8. The molecule has 0 aliphatic carbocycles. The lowest BCUT2D eigenvalue weighted by atomic mass is 9.98. The molecule has 37 heavy (non-hydrogen) atoms. The number of carbonyl (C=O) groups excluding carboxylic acids is 1. The van der Waals surface area contributed by atoms with Gasteiger partial charge in [0.05, 0.1) is 17.3 Å². The molecule has 4 heterocycles. The fourth-order valence-corrected chi connectivity index (χ4v) is 4.85. The van der Waals surface area contributed by atoms with Crippen LogP contribution < -0.4 is 10.6 Å². The predicted molar refractivity (Wildman–Crippen MR) is 139 cm³/mol. The maximum Gasteiger partial charge on any atom is 0.255 e. The molecule has 192 valence electrons. The van der Waals surface area contributed by atoms with Crippen molar-refractivity contribution in [3.05, 3.63) is 65.1 Å². The predicted octanol–water partition coefficient (Wildman–Crippen LogP) is 4.91. The van der Waals surface area contributed by atoms with E-state index in [4.69, 9.17) is 0 Å². The molecule has 3 aromatic heterocycles. The van der Waals surface area contributed by atoms with E-state index in [-0.39, 0.29) is 23.5 Å². The fourth-order valence-electron chi connectivity index (χ4n) is 4.85. The number of fused-ring (bicyclic) bond motifs is 1. The molecule has 8 nitrogen and oxygen atoms in total. The quantitative estimate of drug-likeness (QED) is 0.357. The van der Waals surface area contributed by atoms with Gasteiger partial charge < -0.3 is 20.5 Å². The number of aromatic amines is 1. The number of nitrogens with zero attached hydrogens (tertiary/aromatic N) is 4. The second-order valence-corrected chi connectivity index (χ2v) is 9.54. The first-order valence-corrected chi connectivity index (χ1v) is 12.4. The van der Waals surface area contributed by atoms with Crippen LogP contribution >= 0.6 is 0 Å². The minimum Gasteiger partial charge on any atom is -0.356 e. The van der Waals surface area contributed by atoms with Gasteiger partial charge in [0.2, 0.25) is 5.95 Å². The third-order valence-corrected chi connectivity index (χ3v) is 6.57. The maximum absolute atomic E-state index is 15.0. The summed E-state index contributed by atoms with van der Waals surface area (Å²) in [6.07, 6.45) is 3.45. The number of halogens is 2. The summed E-state index contributed by atoms with van der Waals surface area (Å²) in [7, 11) is 0. The van der Waals surface area contributed by atoms with E-state index in [0.717, 1.165) is 37.0 Å². The first-order chi connectivity index (χ1) is 17.8. The zero-order valence-corrected chi connectivity index (χ0v) is 21.0. The highest BCUT2D eigenvalue weighted by atomic mass is 19.1. The molecule has 1 aliphatic heterocycles. The first-order valence-electron chi connectivity index (χ1n) is 12.4. The summed E-state index contributed by atoms with van der Waals surface area (Å²) in [5.74, 6) is -0.539. The molecule has 0 bridgehead atoms. The number of benzene rings is 1. The lowest BCUT2D eigenvalue weighted by Crippen LogP contribution is -2.34. The second kappa shape index (κ2) is 10.2. The number of nitrogens with one attached hydrogen (secondary N) is 3. The molecular weight excluding hydrogens is 476 g/mol. The van der Waals surface area contributed by atoms with E-state index in [9.17, 15) is 13.6 Å². The minimum absolute atomic E-state index is 0.0200. The Balaban J connectivity index is 1.40. The van der Waals surface area contributed by atoms with Crippen LogP contribution in [-0.4, -0.2) is 56.9 Å². The summed E-state index contributed by atoms with van der Waals surface area (Å²) in [5, 5.41) is 6.93. The van der Waals surface area contributed by atoms with Gasteiger partial charge in [0.1, 0.15) is 17.3 Å². The standard InChI is InChI=1S/C27H29F2N7O/c1-15(2)23-16(3)33-25-19(23)11-18(12-20(25)28)24-21(29)14-32-27(35-24)34-22-6-5-17(13-31-22)26(37)36-9-4-7-30-8-10-36/h5-6,11-15,30,33H,4,7-10H2,1-3H3,(H,31,32,34,35). The highest BCUT2D eigenvalue weighted by molar-refractivity contribution is 5.94. The number of carbonyl (C=O) groups is 1. The Hall–Kier alpha value is -3.92. The topological polar surface area (TPSA) is 98.8 Å². The zero-order chi connectivity index (χ0) is 26.1. The van der Waals surface area contributed by atoms with Gasteiger partial charge in [0.15, 0.2) is 5.82 Å². The van der Waals surface area contributed by atoms with Crippen molar-refractivity contribution in [2.24, 2.45) is 0 Å². The van der Waals surface area contributed by atoms with E-state index in [1.165, 1.54) is 12.3 Å². The molecule has 1 saturated heterocycles. The molecular formula is C27H29F2N7O. The fraction of sp³-hybridized carbons (Fsp3) is 0.333. The highest BCUT2D eigenvalue weighted by Gasteiger charge is 2.20. The van der Waals surface area contributed by atoms with Crippen LogP contribution in [0.25, 0.3) is 22.2 Å². The van der Waals surface area contributed by atoms with Gasteiger partial charge in [-0.1, -0.05) is 13.8 Å². The molecule has 1 aromatic carbocycles. The van der Waals surface area contributed by atoms with Crippen LogP contribution in [-0.2, 0) is 0 Å². The van der Waals surface area contributed by atoms with Crippen molar-refractivity contribution in [3.8, 4) is 11.3 Å². The van der Waals surface area contributed by atoms with Crippen LogP contribution in [0.5, 0.6) is 0 Å². The van der Waals surface area contributed by atoms with Crippen LogP contribution in [0.2, 0.25) is 0 Å².